The third kappa shape index (κ3) is 11.2. The highest BCUT2D eigenvalue weighted by Gasteiger charge is 2.37. The summed E-state index contributed by atoms with van der Waals surface area (Å²) >= 11 is 0. The largest absolute Gasteiger partial charge is 0.508 e. The van der Waals surface area contributed by atoms with Crippen LogP contribution in [-0.4, -0.2) is 46.1 Å². The molecule has 0 aromatic heterocycles. The number of nitrogens with one attached hydrogen (secondary N) is 2. The summed E-state index contributed by atoms with van der Waals surface area (Å²) in [6.45, 7) is 12.1. The first-order valence-electron chi connectivity index (χ1n) is 16.3. The highest BCUT2D eigenvalue weighted by Crippen LogP contribution is 2.29. The summed E-state index contributed by atoms with van der Waals surface area (Å²) in [4.78, 5) is 43.7. The van der Waals surface area contributed by atoms with E-state index in [2.05, 4.69) is 17.6 Å². The monoisotopic (exact) mass is 629 g/mol. The van der Waals surface area contributed by atoms with Gasteiger partial charge in [0.05, 0.1) is 0 Å². The molecule has 0 saturated carbocycles. The maximum Gasteiger partial charge on any atom is 0.408 e. The van der Waals surface area contributed by atoms with Gasteiger partial charge < -0.3 is 25.4 Å². The van der Waals surface area contributed by atoms with Gasteiger partial charge in [0.2, 0.25) is 11.8 Å². The number of hydrogen-bond donors (Lipinski definition) is 3. The van der Waals surface area contributed by atoms with E-state index in [9.17, 15) is 19.5 Å². The minimum absolute atomic E-state index is 0.102. The number of rotatable bonds is 15. The summed E-state index contributed by atoms with van der Waals surface area (Å²) in [6, 6.07) is 20.1. The van der Waals surface area contributed by atoms with Gasteiger partial charge in [-0.1, -0.05) is 93.3 Å². The van der Waals surface area contributed by atoms with Crippen molar-refractivity contribution in [1.29, 1.82) is 0 Å². The van der Waals surface area contributed by atoms with Gasteiger partial charge in [-0.3, -0.25) is 9.59 Å². The summed E-state index contributed by atoms with van der Waals surface area (Å²) in [6.07, 6.45) is 4.25. The molecule has 0 aliphatic heterocycles. The maximum absolute atomic E-state index is 14.8. The quantitative estimate of drug-likeness (QED) is 0.153. The molecule has 3 N–H and O–H groups in total. The van der Waals surface area contributed by atoms with Crippen LogP contribution in [0.3, 0.4) is 0 Å². The van der Waals surface area contributed by atoms with E-state index in [0.29, 0.717) is 19.5 Å². The number of aromatic hydroxyl groups is 1. The van der Waals surface area contributed by atoms with E-state index >= 15 is 0 Å². The molecule has 3 rings (SSSR count). The van der Waals surface area contributed by atoms with Crippen molar-refractivity contribution in [2.45, 2.75) is 104 Å². The minimum Gasteiger partial charge on any atom is -0.508 e. The number of carbonyl (C=O) groups excluding carboxylic acids is 3. The van der Waals surface area contributed by atoms with Gasteiger partial charge in [0, 0.05) is 19.5 Å². The molecule has 0 aliphatic rings. The van der Waals surface area contributed by atoms with Crippen LogP contribution in [0.2, 0.25) is 0 Å². The number of amides is 3. The number of benzene rings is 3. The molecule has 0 aliphatic carbocycles. The van der Waals surface area contributed by atoms with Gasteiger partial charge in [0.25, 0.3) is 0 Å². The van der Waals surface area contributed by atoms with Crippen LogP contribution in [0.15, 0.2) is 72.8 Å². The average Bonchev–Trinajstić information content (AvgIpc) is 3.01. The minimum atomic E-state index is -1.02. The van der Waals surface area contributed by atoms with Crippen LogP contribution in [0.4, 0.5) is 4.79 Å². The summed E-state index contributed by atoms with van der Waals surface area (Å²) in [5, 5.41) is 15.7. The number of aryl methyl sites for hydroxylation is 1. The molecule has 3 aromatic rings. The average molecular weight is 630 g/mol. The van der Waals surface area contributed by atoms with Gasteiger partial charge in [0.1, 0.15) is 23.4 Å². The predicted octanol–water partition coefficient (Wildman–Crippen LogP) is 7.30. The molecule has 0 spiro atoms. The lowest BCUT2D eigenvalue weighted by Crippen LogP contribution is -2.54. The van der Waals surface area contributed by atoms with Crippen molar-refractivity contribution in [1.82, 2.24) is 15.5 Å². The van der Waals surface area contributed by atoms with E-state index in [1.807, 2.05) is 62.4 Å². The van der Waals surface area contributed by atoms with Crippen molar-refractivity contribution in [2.24, 2.45) is 0 Å². The first-order chi connectivity index (χ1) is 21.9. The van der Waals surface area contributed by atoms with Crippen molar-refractivity contribution < 1.29 is 24.2 Å². The molecule has 3 amide bonds. The molecule has 46 heavy (non-hydrogen) atoms. The molecule has 2 unspecified atom stereocenters. The number of alkyl carbamates (subject to hydrolysis) is 1. The Morgan fingerprint density at radius 2 is 1.52 bits per heavy atom. The summed E-state index contributed by atoms with van der Waals surface area (Å²) in [7, 11) is 0. The van der Waals surface area contributed by atoms with Crippen LogP contribution < -0.4 is 10.6 Å². The smallest absolute Gasteiger partial charge is 0.408 e. The van der Waals surface area contributed by atoms with Gasteiger partial charge in [0.15, 0.2) is 0 Å². The fourth-order valence-corrected chi connectivity index (χ4v) is 5.37. The van der Waals surface area contributed by atoms with Crippen LogP contribution in [0.5, 0.6) is 5.75 Å². The second kappa shape index (κ2) is 17.4. The first kappa shape index (κ1) is 36.1. The van der Waals surface area contributed by atoms with Crippen molar-refractivity contribution in [2.75, 3.05) is 6.54 Å². The van der Waals surface area contributed by atoms with Crippen molar-refractivity contribution in [3.05, 3.63) is 101 Å². The second-order valence-corrected chi connectivity index (χ2v) is 12.9. The first-order valence-corrected chi connectivity index (χ1v) is 16.3. The molecule has 0 radical (unpaired) electrons. The molecule has 0 fully saturated rings. The van der Waals surface area contributed by atoms with Gasteiger partial charge in [-0.05, 0) is 81.0 Å². The highest BCUT2D eigenvalue weighted by molar-refractivity contribution is 5.92. The maximum atomic E-state index is 14.8. The van der Waals surface area contributed by atoms with Gasteiger partial charge in [-0.2, -0.15) is 0 Å². The predicted molar refractivity (Wildman–Crippen MR) is 182 cm³/mol. The molecule has 8 nitrogen and oxygen atoms in total. The van der Waals surface area contributed by atoms with E-state index in [0.717, 1.165) is 53.5 Å². The Balaban J connectivity index is 2.06. The normalized spacial score (nSPS) is 12.6. The van der Waals surface area contributed by atoms with Crippen molar-refractivity contribution in [3.63, 3.8) is 0 Å². The van der Waals surface area contributed by atoms with E-state index in [1.54, 1.807) is 49.9 Å². The van der Waals surface area contributed by atoms with E-state index in [4.69, 9.17) is 4.74 Å². The third-order valence-corrected chi connectivity index (χ3v) is 7.96. The Morgan fingerprint density at radius 1 is 0.848 bits per heavy atom. The van der Waals surface area contributed by atoms with Crippen LogP contribution in [-0.2, 0) is 27.3 Å². The topological polar surface area (TPSA) is 108 Å². The number of phenolic OH excluding ortho intramolecular Hbond substituents is 1. The van der Waals surface area contributed by atoms with Crippen LogP contribution in [0.1, 0.15) is 93.7 Å². The molecule has 248 valence electrons. The van der Waals surface area contributed by atoms with Crippen LogP contribution in [0.25, 0.3) is 0 Å². The molecule has 2 atom stereocenters. The fourth-order valence-electron chi connectivity index (χ4n) is 5.37. The van der Waals surface area contributed by atoms with Crippen molar-refractivity contribution >= 4 is 17.9 Å². The Bertz CT molecular complexity index is 1420. The number of phenols is 1. The lowest BCUT2D eigenvalue weighted by Gasteiger charge is -2.35. The third-order valence-electron chi connectivity index (χ3n) is 7.96. The number of carbonyl (C=O) groups is 3. The standard InChI is InChI=1S/C38H51N3O5/c1-7-8-9-10-14-24-41(36(44)33(40-37(45)46-38(4,5)6)25-29-20-22-31(42)23-21-29)34(32-19-15-16-27(2)28(32)3)35(43)39-26-30-17-12-11-13-18-30/h11-13,15-23,33-34,42H,7-10,14,24-26H2,1-6H3,(H,39,43)(H,40,45). The molecule has 0 bridgehead atoms. The number of hydrogen-bond acceptors (Lipinski definition) is 5. The van der Waals surface area contributed by atoms with Crippen LogP contribution in [0, 0.1) is 13.8 Å². The zero-order valence-electron chi connectivity index (χ0n) is 28.3. The summed E-state index contributed by atoms with van der Waals surface area (Å²) in [5.41, 5.74) is 3.61. The summed E-state index contributed by atoms with van der Waals surface area (Å²) < 4.78 is 5.56. The zero-order chi connectivity index (χ0) is 33.7. The molecule has 8 heteroatoms. The molecule has 0 heterocycles. The van der Waals surface area contributed by atoms with E-state index in [1.165, 1.54) is 0 Å². The summed E-state index contributed by atoms with van der Waals surface area (Å²) in [5.74, 6) is -0.569. The number of nitrogens with zero attached hydrogens (tertiary/aromatic N) is 1. The van der Waals surface area contributed by atoms with Gasteiger partial charge >= 0.3 is 6.09 Å². The van der Waals surface area contributed by atoms with Gasteiger partial charge in [-0.25, -0.2) is 4.79 Å². The lowest BCUT2D eigenvalue weighted by atomic mass is 9.94. The Morgan fingerprint density at radius 3 is 2.17 bits per heavy atom. The van der Waals surface area contributed by atoms with Crippen molar-refractivity contribution in [3.8, 4) is 5.75 Å². The van der Waals surface area contributed by atoms with E-state index in [-0.39, 0.29) is 24.0 Å². The Kier molecular flexibility index (Phi) is 13.7. The van der Waals surface area contributed by atoms with Gasteiger partial charge in [-0.15, -0.1) is 0 Å². The zero-order valence-corrected chi connectivity index (χ0v) is 28.3. The number of ether oxygens (including phenoxy) is 1. The molecular weight excluding hydrogens is 578 g/mol. The van der Waals surface area contributed by atoms with E-state index < -0.39 is 23.8 Å². The van der Waals surface area contributed by atoms with Crippen LogP contribution >= 0.6 is 0 Å². The second-order valence-electron chi connectivity index (χ2n) is 12.9. The molecule has 3 aromatic carbocycles. The molecular formula is C38H51N3O5. The number of unbranched alkanes of at least 4 members (excludes halogenated alkanes) is 4. The lowest BCUT2D eigenvalue weighted by molar-refractivity contribution is -0.142. The molecule has 0 saturated heterocycles. The Labute approximate surface area is 274 Å². The fraction of sp³-hybridized carbons (Fsp3) is 0.447. The SMILES string of the molecule is CCCCCCCN(C(=O)C(Cc1ccc(O)cc1)NC(=O)OC(C)(C)C)C(C(=O)NCc1ccccc1)c1cccc(C)c1C. The Hall–Kier alpha value is -4.33. The highest BCUT2D eigenvalue weighted by atomic mass is 16.6.